The molecule has 1 aromatic carbocycles. The maximum atomic E-state index is 12.6. The van der Waals surface area contributed by atoms with Gasteiger partial charge in [0.1, 0.15) is 0 Å². The smallest absolute Gasteiger partial charge is 0.255 e. The highest BCUT2D eigenvalue weighted by atomic mass is 79.9. The number of hydrogen-bond acceptors (Lipinski definition) is 2. The number of carbonyl (C=O) groups excluding carboxylic acids is 1. The molecule has 0 bridgehead atoms. The predicted molar refractivity (Wildman–Crippen MR) is 81.5 cm³/mol. The molecular formula is C15H21BrN2O. The van der Waals surface area contributed by atoms with Crippen molar-refractivity contribution < 1.29 is 4.79 Å². The van der Waals surface area contributed by atoms with E-state index in [0.29, 0.717) is 6.04 Å². The predicted octanol–water partition coefficient (Wildman–Crippen LogP) is 2.92. The molecule has 1 aliphatic rings. The Bertz CT molecular complexity index is 475. The Morgan fingerprint density at radius 1 is 1.42 bits per heavy atom. The molecule has 1 heterocycles. The van der Waals surface area contributed by atoms with Crippen LogP contribution >= 0.6 is 15.9 Å². The fraction of sp³-hybridized carbons (Fsp3) is 0.533. The van der Waals surface area contributed by atoms with Crippen molar-refractivity contribution in [2.45, 2.75) is 26.3 Å². The average molecular weight is 325 g/mol. The molecule has 3 nitrogen and oxygen atoms in total. The van der Waals surface area contributed by atoms with Crippen molar-refractivity contribution in [1.82, 2.24) is 9.80 Å². The highest BCUT2D eigenvalue weighted by Crippen LogP contribution is 2.21. The fourth-order valence-electron chi connectivity index (χ4n) is 2.54. The van der Waals surface area contributed by atoms with Gasteiger partial charge >= 0.3 is 0 Å². The van der Waals surface area contributed by atoms with Crippen LogP contribution in [0.5, 0.6) is 0 Å². The molecule has 1 aromatic rings. The van der Waals surface area contributed by atoms with Crippen LogP contribution < -0.4 is 0 Å². The first-order valence-electron chi connectivity index (χ1n) is 6.78. The normalized spacial score (nSPS) is 20.6. The average Bonchev–Trinajstić information content (AvgIpc) is 2.41. The van der Waals surface area contributed by atoms with Gasteiger partial charge in [-0.3, -0.25) is 9.69 Å². The number of rotatable bonds is 2. The molecule has 19 heavy (non-hydrogen) atoms. The fourth-order valence-corrected chi connectivity index (χ4v) is 2.96. The second kappa shape index (κ2) is 6.06. The van der Waals surface area contributed by atoms with E-state index in [1.807, 2.05) is 30.0 Å². The van der Waals surface area contributed by atoms with Gasteiger partial charge in [-0.1, -0.05) is 18.6 Å². The summed E-state index contributed by atoms with van der Waals surface area (Å²) in [4.78, 5) is 16.9. The minimum atomic E-state index is 0.141. The third-order valence-electron chi connectivity index (χ3n) is 3.89. The number of hydrogen-bond donors (Lipinski definition) is 0. The largest absolute Gasteiger partial charge is 0.336 e. The number of halogens is 1. The zero-order valence-electron chi connectivity index (χ0n) is 11.8. The monoisotopic (exact) mass is 324 g/mol. The molecule has 1 saturated heterocycles. The number of piperazine rings is 1. The van der Waals surface area contributed by atoms with E-state index in [1.165, 1.54) is 0 Å². The SMILES string of the molecule is CCC1CN(C(=O)c2cc(C)ccc2Br)CCN1C. The van der Waals surface area contributed by atoms with Gasteiger partial charge in [0.15, 0.2) is 0 Å². The quantitative estimate of drug-likeness (QED) is 0.835. The zero-order valence-corrected chi connectivity index (χ0v) is 13.4. The lowest BCUT2D eigenvalue weighted by Crippen LogP contribution is -2.53. The van der Waals surface area contributed by atoms with Gasteiger partial charge in [-0.2, -0.15) is 0 Å². The minimum absolute atomic E-state index is 0.141. The zero-order chi connectivity index (χ0) is 14.0. The molecular weight excluding hydrogens is 304 g/mol. The highest BCUT2D eigenvalue weighted by molar-refractivity contribution is 9.10. The standard InChI is InChI=1S/C15H21BrN2O/c1-4-12-10-18(8-7-17(12)3)15(19)13-9-11(2)5-6-14(13)16/h5-6,9,12H,4,7-8,10H2,1-3H3. The van der Waals surface area contributed by atoms with Gasteiger partial charge in [-0.15, -0.1) is 0 Å². The number of carbonyl (C=O) groups is 1. The van der Waals surface area contributed by atoms with Crippen LogP contribution in [0.3, 0.4) is 0 Å². The third kappa shape index (κ3) is 3.18. The van der Waals surface area contributed by atoms with Crippen molar-refractivity contribution >= 4 is 21.8 Å². The molecule has 0 N–H and O–H groups in total. The van der Waals surface area contributed by atoms with Crippen LogP contribution in [0.4, 0.5) is 0 Å². The topological polar surface area (TPSA) is 23.6 Å². The van der Waals surface area contributed by atoms with Crippen LogP contribution in [0.1, 0.15) is 29.3 Å². The number of nitrogens with zero attached hydrogens (tertiary/aromatic N) is 2. The van der Waals surface area contributed by atoms with E-state index >= 15 is 0 Å². The van der Waals surface area contributed by atoms with Gasteiger partial charge in [-0.25, -0.2) is 0 Å². The summed E-state index contributed by atoms with van der Waals surface area (Å²) in [6.45, 7) is 6.78. The second-order valence-electron chi connectivity index (χ2n) is 5.28. The van der Waals surface area contributed by atoms with Crippen LogP contribution in [0.15, 0.2) is 22.7 Å². The van der Waals surface area contributed by atoms with Crippen molar-refractivity contribution in [3.63, 3.8) is 0 Å². The van der Waals surface area contributed by atoms with Gasteiger partial charge in [0, 0.05) is 30.1 Å². The van der Waals surface area contributed by atoms with Gasteiger partial charge in [0.05, 0.1) is 5.56 Å². The molecule has 104 valence electrons. The van der Waals surface area contributed by atoms with Crippen LogP contribution in [-0.2, 0) is 0 Å². The number of benzene rings is 1. The summed E-state index contributed by atoms with van der Waals surface area (Å²) in [5.41, 5.74) is 1.90. The molecule has 1 atom stereocenters. The number of likely N-dealkylation sites (N-methyl/N-ethyl adjacent to an activating group) is 1. The Kier molecular flexibility index (Phi) is 4.63. The van der Waals surface area contributed by atoms with Gasteiger partial charge < -0.3 is 4.90 Å². The Balaban J connectivity index is 2.18. The summed E-state index contributed by atoms with van der Waals surface area (Å²) < 4.78 is 0.884. The molecule has 0 radical (unpaired) electrons. The molecule has 0 spiro atoms. The number of amides is 1. The Morgan fingerprint density at radius 2 is 2.16 bits per heavy atom. The first kappa shape index (κ1) is 14.5. The van der Waals surface area contributed by atoms with E-state index in [4.69, 9.17) is 0 Å². The molecule has 0 aliphatic carbocycles. The molecule has 4 heteroatoms. The summed E-state index contributed by atoms with van der Waals surface area (Å²) in [7, 11) is 2.14. The Morgan fingerprint density at radius 3 is 2.84 bits per heavy atom. The molecule has 0 saturated carbocycles. The van der Waals surface area contributed by atoms with Crippen molar-refractivity contribution in [3.8, 4) is 0 Å². The van der Waals surface area contributed by atoms with E-state index in [9.17, 15) is 4.79 Å². The summed E-state index contributed by atoms with van der Waals surface area (Å²) in [5.74, 6) is 0.141. The summed E-state index contributed by atoms with van der Waals surface area (Å²) in [5, 5.41) is 0. The second-order valence-corrected chi connectivity index (χ2v) is 6.13. The minimum Gasteiger partial charge on any atom is -0.336 e. The molecule has 0 aromatic heterocycles. The molecule has 1 aliphatic heterocycles. The van der Waals surface area contributed by atoms with E-state index < -0.39 is 0 Å². The van der Waals surface area contributed by atoms with E-state index in [2.05, 4.69) is 34.8 Å². The van der Waals surface area contributed by atoms with Crippen molar-refractivity contribution in [2.75, 3.05) is 26.7 Å². The van der Waals surface area contributed by atoms with Crippen molar-refractivity contribution in [3.05, 3.63) is 33.8 Å². The van der Waals surface area contributed by atoms with Gasteiger partial charge in [-0.05, 0) is 48.5 Å². The molecule has 1 unspecified atom stereocenters. The molecule has 1 fully saturated rings. The number of aryl methyl sites for hydroxylation is 1. The Labute approximate surface area is 123 Å². The van der Waals surface area contributed by atoms with E-state index in [0.717, 1.165) is 41.7 Å². The van der Waals surface area contributed by atoms with Crippen LogP contribution in [0.25, 0.3) is 0 Å². The summed E-state index contributed by atoms with van der Waals surface area (Å²) in [6.07, 6.45) is 1.08. The van der Waals surface area contributed by atoms with Crippen molar-refractivity contribution in [1.29, 1.82) is 0 Å². The van der Waals surface area contributed by atoms with Crippen molar-refractivity contribution in [2.24, 2.45) is 0 Å². The van der Waals surface area contributed by atoms with Crippen LogP contribution in [0.2, 0.25) is 0 Å². The molecule has 1 amide bonds. The van der Waals surface area contributed by atoms with Gasteiger partial charge in [0.2, 0.25) is 0 Å². The highest BCUT2D eigenvalue weighted by Gasteiger charge is 2.27. The van der Waals surface area contributed by atoms with E-state index in [-0.39, 0.29) is 5.91 Å². The van der Waals surface area contributed by atoms with Crippen LogP contribution in [-0.4, -0.2) is 48.4 Å². The maximum absolute atomic E-state index is 12.6. The third-order valence-corrected chi connectivity index (χ3v) is 4.58. The van der Waals surface area contributed by atoms with Crippen LogP contribution in [0, 0.1) is 6.92 Å². The van der Waals surface area contributed by atoms with E-state index in [1.54, 1.807) is 0 Å². The lowest BCUT2D eigenvalue weighted by atomic mass is 10.1. The Hall–Kier alpha value is -0.870. The molecule has 2 rings (SSSR count). The lowest BCUT2D eigenvalue weighted by molar-refractivity contribution is 0.0541. The maximum Gasteiger partial charge on any atom is 0.255 e. The summed E-state index contributed by atoms with van der Waals surface area (Å²) in [6, 6.07) is 6.41. The first-order chi connectivity index (χ1) is 9.02. The summed E-state index contributed by atoms with van der Waals surface area (Å²) >= 11 is 3.48. The van der Waals surface area contributed by atoms with Gasteiger partial charge in [0.25, 0.3) is 5.91 Å². The first-order valence-corrected chi connectivity index (χ1v) is 7.58. The lowest BCUT2D eigenvalue weighted by Gasteiger charge is -2.39.